The van der Waals surface area contributed by atoms with Crippen LogP contribution in [-0.2, 0) is 10.0 Å². The average molecular weight is 314 g/mol. The molecule has 3 rings (SSSR count). The monoisotopic (exact) mass is 314 g/mol. The number of benzene rings is 1. The van der Waals surface area contributed by atoms with Gasteiger partial charge in [-0.25, -0.2) is 12.8 Å². The second-order valence-electron chi connectivity index (χ2n) is 5.75. The molecule has 2 atom stereocenters. The third kappa shape index (κ3) is 2.43. The minimum absolute atomic E-state index is 0.0202. The summed E-state index contributed by atoms with van der Waals surface area (Å²) in [6, 6.07) is 3.71. The molecule has 1 aromatic rings. The SMILES string of the molecule is COc1ccc(S(=O)(=O)N2C3CCC2CC(N)C3)cc1F. The van der Waals surface area contributed by atoms with Crippen LogP contribution in [-0.4, -0.2) is 38.0 Å². The molecule has 2 fully saturated rings. The zero-order valence-electron chi connectivity index (χ0n) is 11.8. The Balaban J connectivity index is 1.96. The number of piperidine rings is 1. The van der Waals surface area contributed by atoms with Crippen LogP contribution in [0.5, 0.6) is 5.75 Å². The van der Waals surface area contributed by atoms with Crippen molar-refractivity contribution in [2.45, 2.75) is 48.7 Å². The van der Waals surface area contributed by atoms with E-state index in [1.807, 2.05) is 0 Å². The Kier molecular flexibility index (Phi) is 3.67. The van der Waals surface area contributed by atoms with Gasteiger partial charge in [-0.2, -0.15) is 4.31 Å². The molecular weight excluding hydrogens is 295 g/mol. The molecule has 0 saturated carbocycles. The van der Waals surface area contributed by atoms with E-state index >= 15 is 0 Å². The molecule has 0 aromatic heterocycles. The van der Waals surface area contributed by atoms with E-state index in [2.05, 4.69) is 0 Å². The number of hydrogen-bond acceptors (Lipinski definition) is 4. The van der Waals surface area contributed by atoms with Gasteiger partial charge in [0.2, 0.25) is 10.0 Å². The number of hydrogen-bond donors (Lipinski definition) is 1. The van der Waals surface area contributed by atoms with Crippen molar-refractivity contribution in [3.05, 3.63) is 24.0 Å². The Bertz CT molecular complexity index is 636. The Morgan fingerprint density at radius 1 is 1.29 bits per heavy atom. The fourth-order valence-electron chi connectivity index (χ4n) is 3.50. The van der Waals surface area contributed by atoms with E-state index in [0.717, 1.165) is 18.9 Å². The third-order valence-corrected chi connectivity index (χ3v) is 6.40. The largest absolute Gasteiger partial charge is 0.494 e. The van der Waals surface area contributed by atoms with E-state index in [1.165, 1.54) is 23.5 Å². The number of nitrogens with zero attached hydrogens (tertiary/aromatic N) is 1. The van der Waals surface area contributed by atoms with Crippen molar-refractivity contribution in [2.75, 3.05) is 7.11 Å². The molecule has 116 valence electrons. The summed E-state index contributed by atoms with van der Waals surface area (Å²) in [7, 11) is -2.34. The maximum atomic E-state index is 13.8. The summed E-state index contributed by atoms with van der Waals surface area (Å²) in [5, 5.41) is 0. The second-order valence-corrected chi connectivity index (χ2v) is 7.59. The van der Waals surface area contributed by atoms with Crippen LogP contribution in [0.3, 0.4) is 0 Å². The maximum absolute atomic E-state index is 13.8. The van der Waals surface area contributed by atoms with Crippen LogP contribution in [0.2, 0.25) is 0 Å². The highest BCUT2D eigenvalue weighted by atomic mass is 32.2. The number of sulfonamides is 1. The molecule has 0 spiro atoms. The van der Waals surface area contributed by atoms with Crippen LogP contribution in [0.25, 0.3) is 0 Å². The fourth-order valence-corrected chi connectivity index (χ4v) is 5.40. The van der Waals surface area contributed by atoms with Crippen LogP contribution < -0.4 is 10.5 Å². The molecule has 2 bridgehead atoms. The van der Waals surface area contributed by atoms with Crippen LogP contribution in [0.15, 0.2) is 23.1 Å². The van der Waals surface area contributed by atoms with Gasteiger partial charge in [-0.3, -0.25) is 0 Å². The Morgan fingerprint density at radius 2 is 1.90 bits per heavy atom. The molecule has 0 amide bonds. The molecule has 0 radical (unpaired) electrons. The van der Waals surface area contributed by atoms with Crippen molar-refractivity contribution >= 4 is 10.0 Å². The summed E-state index contributed by atoms with van der Waals surface area (Å²) in [6.07, 6.45) is 3.01. The van der Waals surface area contributed by atoms with Gasteiger partial charge in [0.15, 0.2) is 11.6 Å². The lowest BCUT2D eigenvalue weighted by atomic mass is 10.0. The van der Waals surface area contributed by atoms with Crippen molar-refractivity contribution in [1.82, 2.24) is 4.31 Å². The molecule has 5 nitrogen and oxygen atoms in total. The number of ether oxygens (including phenoxy) is 1. The quantitative estimate of drug-likeness (QED) is 0.917. The molecule has 2 aliphatic heterocycles. The summed E-state index contributed by atoms with van der Waals surface area (Å²) < 4.78 is 45.7. The van der Waals surface area contributed by atoms with E-state index in [1.54, 1.807) is 0 Å². The molecule has 2 aliphatic rings. The van der Waals surface area contributed by atoms with E-state index in [9.17, 15) is 12.8 Å². The Morgan fingerprint density at radius 3 is 2.43 bits per heavy atom. The smallest absolute Gasteiger partial charge is 0.243 e. The van der Waals surface area contributed by atoms with E-state index < -0.39 is 15.8 Å². The van der Waals surface area contributed by atoms with Gasteiger partial charge >= 0.3 is 0 Å². The summed E-state index contributed by atoms with van der Waals surface area (Å²) in [5.74, 6) is -0.628. The van der Waals surface area contributed by atoms with Crippen LogP contribution in [0.1, 0.15) is 25.7 Å². The lowest BCUT2D eigenvalue weighted by Gasteiger charge is -2.36. The number of methoxy groups -OCH3 is 1. The van der Waals surface area contributed by atoms with Gasteiger partial charge in [-0.05, 0) is 43.9 Å². The van der Waals surface area contributed by atoms with Crippen molar-refractivity contribution in [3.63, 3.8) is 0 Å². The molecule has 21 heavy (non-hydrogen) atoms. The first-order chi connectivity index (χ1) is 9.93. The minimum atomic E-state index is -3.69. The molecule has 2 heterocycles. The van der Waals surface area contributed by atoms with Gasteiger partial charge in [0.1, 0.15) is 0 Å². The van der Waals surface area contributed by atoms with Crippen LogP contribution >= 0.6 is 0 Å². The van der Waals surface area contributed by atoms with Gasteiger partial charge in [0.25, 0.3) is 0 Å². The first-order valence-corrected chi connectivity index (χ1v) is 8.50. The van der Waals surface area contributed by atoms with Gasteiger partial charge in [0, 0.05) is 18.1 Å². The number of rotatable bonds is 3. The Labute approximate surface area is 123 Å². The summed E-state index contributed by atoms with van der Waals surface area (Å²) >= 11 is 0. The molecule has 2 unspecified atom stereocenters. The number of fused-ring (bicyclic) bond motifs is 2. The highest BCUT2D eigenvalue weighted by Gasteiger charge is 2.46. The average Bonchev–Trinajstić information content (AvgIpc) is 2.72. The molecule has 2 saturated heterocycles. The topological polar surface area (TPSA) is 72.6 Å². The first kappa shape index (κ1) is 14.7. The van der Waals surface area contributed by atoms with E-state index in [-0.39, 0.29) is 28.8 Å². The first-order valence-electron chi connectivity index (χ1n) is 7.06. The fraction of sp³-hybridized carbons (Fsp3) is 0.571. The van der Waals surface area contributed by atoms with E-state index in [4.69, 9.17) is 10.5 Å². The van der Waals surface area contributed by atoms with E-state index in [0.29, 0.717) is 12.8 Å². The Hall–Kier alpha value is -1.18. The molecular formula is C14H19FN2O3S. The van der Waals surface area contributed by atoms with Crippen molar-refractivity contribution < 1.29 is 17.5 Å². The number of halogens is 1. The second kappa shape index (κ2) is 5.23. The maximum Gasteiger partial charge on any atom is 0.243 e. The summed E-state index contributed by atoms with van der Waals surface area (Å²) in [6.45, 7) is 0. The van der Waals surface area contributed by atoms with Crippen molar-refractivity contribution in [3.8, 4) is 5.75 Å². The lowest BCUT2D eigenvalue weighted by molar-refractivity contribution is 0.227. The number of nitrogens with two attached hydrogens (primary N) is 1. The predicted molar refractivity (Wildman–Crippen MR) is 76.0 cm³/mol. The van der Waals surface area contributed by atoms with Crippen LogP contribution in [0.4, 0.5) is 4.39 Å². The molecule has 1 aromatic carbocycles. The van der Waals surface area contributed by atoms with Gasteiger partial charge in [-0.15, -0.1) is 0 Å². The molecule has 0 aliphatic carbocycles. The van der Waals surface area contributed by atoms with Gasteiger partial charge in [-0.1, -0.05) is 0 Å². The zero-order chi connectivity index (χ0) is 15.2. The van der Waals surface area contributed by atoms with Gasteiger partial charge < -0.3 is 10.5 Å². The molecule has 7 heteroatoms. The molecule has 2 N–H and O–H groups in total. The zero-order valence-corrected chi connectivity index (χ0v) is 12.6. The lowest BCUT2D eigenvalue weighted by Crippen LogP contribution is -2.49. The summed E-state index contributed by atoms with van der Waals surface area (Å²) in [5.41, 5.74) is 5.96. The minimum Gasteiger partial charge on any atom is -0.494 e. The third-order valence-electron chi connectivity index (χ3n) is 4.40. The standard InChI is InChI=1S/C14H19FN2O3S/c1-20-14-5-4-12(8-13(14)15)21(18,19)17-10-2-3-11(17)7-9(16)6-10/h4-5,8-11H,2-3,6-7,16H2,1H3. The van der Waals surface area contributed by atoms with Gasteiger partial charge in [0.05, 0.1) is 12.0 Å². The van der Waals surface area contributed by atoms with Crippen molar-refractivity contribution in [2.24, 2.45) is 5.73 Å². The summed E-state index contributed by atoms with van der Waals surface area (Å²) in [4.78, 5) is -0.0202. The highest BCUT2D eigenvalue weighted by molar-refractivity contribution is 7.89. The van der Waals surface area contributed by atoms with Crippen molar-refractivity contribution in [1.29, 1.82) is 0 Å². The predicted octanol–water partition coefficient (Wildman–Crippen LogP) is 1.48. The van der Waals surface area contributed by atoms with Crippen LogP contribution in [0, 0.1) is 5.82 Å². The highest BCUT2D eigenvalue weighted by Crippen LogP contribution is 2.39. The normalized spacial score (nSPS) is 29.6.